The first-order valence-electron chi connectivity index (χ1n) is 5.53. The molecule has 0 atom stereocenters. The van der Waals surface area contributed by atoms with Crippen molar-refractivity contribution in [3.63, 3.8) is 0 Å². The number of carbonyl (C=O) groups excluding carboxylic acids is 1. The van der Waals surface area contributed by atoms with Crippen LogP contribution in [0, 0.1) is 0 Å². The average Bonchev–Trinajstić information content (AvgIpc) is 2.90. The maximum atomic E-state index is 11.6. The second-order valence-electron chi connectivity index (χ2n) is 3.63. The number of rotatable bonds is 5. The van der Waals surface area contributed by atoms with Gasteiger partial charge in [0.2, 0.25) is 0 Å². The number of pyridine rings is 1. The van der Waals surface area contributed by atoms with Crippen LogP contribution in [0.5, 0.6) is 0 Å². The lowest BCUT2D eigenvalue weighted by molar-refractivity contribution is 0.0959. The molecule has 2 rings (SSSR count). The number of nitrogen functional groups attached to an aromatic ring is 1. The Labute approximate surface area is 109 Å². The highest BCUT2D eigenvalue weighted by molar-refractivity contribution is 7.12. The summed E-state index contributed by atoms with van der Waals surface area (Å²) in [6.45, 7) is 1.20. The Balaban J connectivity index is 1.70. The van der Waals surface area contributed by atoms with Crippen LogP contribution in [-0.2, 0) is 0 Å². The Morgan fingerprint density at radius 1 is 1.33 bits per heavy atom. The standard InChI is InChI=1S/C12H14N4OS/c13-11-4-3-9(8-16-11)14-5-6-15-12(17)10-2-1-7-18-10/h1-4,7-8,14H,5-6H2,(H2,13,16)(H,15,17). The third-order valence-electron chi connectivity index (χ3n) is 2.27. The molecule has 0 aromatic carbocycles. The second-order valence-corrected chi connectivity index (χ2v) is 4.58. The van der Waals surface area contributed by atoms with E-state index in [1.807, 2.05) is 17.5 Å². The van der Waals surface area contributed by atoms with E-state index in [-0.39, 0.29) is 5.91 Å². The number of nitrogens with zero attached hydrogens (tertiary/aromatic N) is 1. The lowest BCUT2D eigenvalue weighted by Gasteiger charge is -2.07. The van der Waals surface area contributed by atoms with Crippen LogP contribution >= 0.6 is 11.3 Å². The van der Waals surface area contributed by atoms with E-state index in [2.05, 4.69) is 15.6 Å². The highest BCUT2D eigenvalue weighted by Crippen LogP contribution is 2.08. The van der Waals surface area contributed by atoms with Crippen molar-refractivity contribution in [3.8, 4) is 0 Å². The van der Waals surface area contributed by atoms with Crippen LogP contribution in [0.1, 0.15) is 9.67 Å². The van der Waals surface area contributed by atoms with Crippen molar-refractivity contribution in [2.75, 3.05) is 24.1 Å². The maximum Gasteiger partial charge on any atom is 0.261 e. The number of thiophene rings is 1. The van der Waals surface area contributed by atoms with E-state index in [4.69, 9.17) is 5.73 Å². The second kappa shape index (κ2) is 6.02. The van der Waals surface area contributed by atoms with Crippen molar-refractivity contribution in [1.29, 1.82) is 0 Å². The van der Waals surface area contributed by atoms with E-state index >= 15 is 0 Å². The number of carbonyl (C=O) groups is 1. The predicted molar refractivity (Wildman–Crippen MR) is 73.8 cm³/mol. The van der Waals surface area contributed by atoms with Gasteiger partial charge in [-0.3, -0.25) is 4.79 Å². The van der Waals surface area contributed by atoms with Gasteiger partial charge in [-0.25, -0.2) is 4.98 Å². The lowest BCUT2D eigenvalue weighted by Crippen LogP contribution is -2.28. The van der Waals surface area contributed by atoms with Gasteiger partial charge in [0.1, 0.15) is 5.82 Å². The zero-order valence-corrected chi connectivity index (χ0v) is 10.5. The van der Waals surface area contributed by atoms with Gasteiger partial charge in [-0.1, -0.05) is 6.07 Å². The number of anilines is 2. The summed E-state index contributed by atoms with van der Waals surface area (Å²) in [5.74, 6) is 0.453. The first-order valence-corrected chi connectivity index (χ1v) is 6.41. The minimum atomic E-state index is -0.0396. The smallest absolute Gasteiger partial charge is 0.261 e. The van der Waals surface area contributed by atoms with Crippen molar-refractivity contribution in [2.24, 2.45) is 0 Å². The lowest BCUT2D eigenvalue weighted by atomic mass is 10.4. The highest BCUT2D eigenvalue weighted by Gasteiger charge is 2.04. The molecule has 94 valence electrons. The summed E-state index contributed by atoms with van der Waals surface area (Å²) >= 11 is 1.43. The molecular formula is C12H14N4OS. The molecule has 0 unspecified atom stereocenters. The SMILES string of the molecule is Nc1ccc(NCCNC(=O)c2cccs2)cn1. The fourth-order valence-electron chi connectivity index (χ4n) is 1.39. The molecule has 0 spiro atoms. The largest absolute Gasteiger partial charge is 0.384 e. The predicted octanol–water partition coefficient (Wildman–Crippen LogP) is 1.57. The number of aromatic nitrogens is 1. The number of nitrogens with two attached hydrogens (primary N) is 1. The van der Waals surface area contributed by atoms with E-state index in [0.717, 1.165) is 10.6 Å². The normalized spacial score (nSPS) is 10.0. The number of hydrogen-bond acceptors (Lipinski definition) is 5. The van der Waals surface area contributed by atoms with E-state index in [1.165, 1.54) is 11.3 Å². The minimum absolute atomic E-state index is 0.0396. The van der Waals surface area contributed by atoms with Crippen LogP contribution in [0.3, 0.4) is 0 Å². The molecule has 0 bridgehead atoms. The van der Waals surface area contributed by atoms with Crippen LogP contribution < -0.4 is 16.4 Å². The quantitative estimate of drug-likeness (QED) is 0.714. The van der Waals surface area contributed by atoms with E-state index in [1.54, 1.807) is 18.3 Å². The van der Waals surface area contributed by atoms with Gasteiger partial charge in [-0.15, -0.1) is 11.3 Å². The van der Waals surface area contributed by atoms with Gasteiger partial charge in [0, 0.05) is 13.1 Å². The monoisotopic (exact) mass is 262 g/mol. The molecule has 0 aliphatic rings. The van der Waals surface area contributed by atoms with Gasteiger partial charge in [-0.2, -0.15) is 0 Å². The molecule has 4 N–H and O–H groups in total. The molecule has 0 aliphatic carbocycles. The fourth-order valence-corrected chi connectivity index (χ4v) is 2.03. The zero-order valence-electron chi connectivity index (χ0n) is 9.72. The molecule has 2 heterocycles. The average molecular weight is 262 g/mol. The van der Waals surface area contributed by atoms with Gasteiger partial charge in [-0.05, 0) is 23.6 Å². The van der Waals surface area contributed by atoms with Gasteiger partial charge in [0.05, 0.1) is 16.8 Å². The Morgan fingerprint density at radius 2 is 2.22 bits per heavy atom. The number of nitrogens with one attached hydrogen (secondary N) is 2. The van der Waals surface area contributed by atoms with E-state index < -0.39 is 0 Å². The first-order chi connectivity index (χ1) is 8.75. The Kier molecular flexibility index (Phi) is 4.14. The van der Waals surface area contributed by atoms with Gasteiger partial charge < -0.3 is 16.4 Å². The van der Waals surface area contributed by atoms with Crippen molar-refractivity contribution in [3.05, 3.63) is 40.7 Å². The van der Waals surface area contributed by atoms with Crippen molar-refractivity contribution < 1.29 is 4.79 Å². The third-order valence-corrected chi connectivity index (χ3v) is 3.14. The first kappa shape index (κ1) is 12.4. The number of hydrogen-bond donors (Lipinski definition) is 3. The van der Waals surface area contributed by atoms with Crippen molar-refractivity contribution in [2.45, 2.75) is 0 Å². The van der Waals surface area contributed by atoms with Crippen LogP contribution in [0.15, 0.2) is 35.8 Å². The molecule has 2 aromatic rings. The Morgan fingerprint density at radius 3 is 2.89 bits per heavy atom. The molecule has 18 heavy (non-hydrogen) atoms. The summed E-state index contributed by atoms with van der Waals surface area (Å²) in [5.41, 5.74) is 6.36. The highest BCUT2D eigenvalue weighted by atomic mass is 32.1. The topological polar surface area (TPSA) is 80.0 Å². The fraction of sp³-hybridized carbons (Fsp3) is 0.167. The van der Waals surface area contributed by atoms with Crippen molar-refractivity contribution in [1.82, 2.24) is 10.3 Å². The molecule has 2 aromatic heterocycles. The van der Waals surface area contributed by atoms with E-state index in [0.29, 0.717) is 18.9 Å². The molecule has 5 nitrogen and oxygen atoms in total. The molecule has 0 saturated carbocycles. The Hall–Kier alpha value is -2.08. The Bertz CT molecular complexity index is 495. The molecule has 0 aliphatic heterocycles. The molecule has 0 saturated heterocycles. The van der Waals surface area contributed by atoms with Crippen LogP contribution in [0.4, 0.5) is 11.5 Å². The van der Waals surface area contributed by atoms with Crippen LogP contribution in [0.25, 0.3) is 0 Å². The molecule has 0 fully saturated rings. The van der Waals surface area contributed by atoms with Crippen LogP contribution in [-0.4, -0.2) is 24.0 Å². The molecular weight excluding hydrogens is 248 g/mol. The van der Waals surface area contributed by atoms with Gasteiger partial charge >= 0.3 is 0 Å². The molecule has 1 amide bonds. The molecule has 0 radical (unpaired) electrons. The van der Waals surface area contributed by atoms with Crippen LogP contribution in [0.2, 0.25) is 0 Å². The summed E-state index contributed by atoms with van der Waals surface area (Å²) in [6, 6.07) is 7.24. The van der Waals surface area contributed by atoms with Crippen molar-refractivity contribution >= 4 is 28.7 Å². The summed E-state index contributed by atoms with van der Waals surface area (Å²) in [7, 11) is 0. The molecule has 6 heteroatoms. The minimum Gasteiger partial charge on any atom is -0.384 e. The summed E-state index contributed by atoms with van der Waals surface area (Å²) in [5, 5.41) is 7.86. The van der Waals surface area contributed by atoms with Gasteiger partial charge in [0.25, 0.3) is 5.91 Å². The van der Waals surface area contributed by atoms with E-state index in [9.17, 15) is 4.79 Å². The zero-order chi connectivity index (χ0) is 12.8. The summed E-state index contributed by atoms with van der Waals surface area (Å²) in [6.07, 6.45) is 1.66. The maximum absolute atomic E-state index is 11.6. The summed E-state index contributed by atoms with van der Waals surface area (Å²) in [4.78, 5) is 16.3. The van der Waals surface area contributed by atoms with Gasteiger partial charge in [0.15, 0.2) is 0 Å². The summed E-state index contributed by atoms with van der Waals surface area (Å²) < 4.78 is 0. The number of amides is 1. The third kappa shape index (κ3) is 3.46.